The summed E-state index contributed by atoms with van der Waals surface area (Å²) in [5, 5.41) is 11.0. The second-order valence-corrected chi connectivity index (χ2v) is 8.04. The van der Waals surface area contributed by atoms with Gasteiger partial charge in [0.2, 0.25) is 5.91 Å². The number of carbonyl (C=O) groups excluding carboxylic acids is 1. The van der Waals surface area contributed by atoms with Crippen LogP contribution < -0.4 is 9.47 Å². The summed E-state index contributed by atoms with van der Waals surface area (Å²) in [6, 6.07) is 12.4. The van der Waals surface area contributed by atoms with Gasteiger partial charge in [0.25, 0.3) is 5.69 Å². The molecule has 30 heavy (non-hydrogen) atoms. The Bertz CT molecular complexity index is 939. The molecule has 1 aliphatic heterocycles. The Kier molecular flexibility index (Phi) is 5.88. The van der Waals surface area contributed by atoms with E-state index < -0.39 is 4.92 Å². The minimum atomic E-state index is -0.415. The van der Waals surface area contributed by atoms with Gasteiger partial charge in [-0.25, -0.2) is 0 Å². The zero-order valence-electron chi connectivity index (χ0n) is 17.1. The molecule has 2 aliphatic rings. The largest absolute Gasteiger partial charge is 0.493 e. The first-order chi connectivity index (χ1) is 14.5. The average molecular weight is 410 g/mol. The van der Waals surface area contributed by atoms with E-state index in [1.165, 1.54) is 25.0 Å². The van der Waals surface area contributed by atoms with Crippen molar-refractivity contribution in [1.82, 2.24) is 4.90 Å². The Balaban J connectivity index is 1.48. The second kappa shape index (κ2) is 8.73. The first-order valence-electron chi connectivity index (χ1n) is 10.4. The number of methoxy groups -OCH3 is 1. The van der Waals surface area contributed by atoms with Crippen LogP contribution in [-0.2, 0) is 11.3 Å². The fourth-order valence-corrected chi connectivity index (χ4v) is 4.36. The van der Waals surface area contributed by atoms with Gasteiger partial charge in [-0.1, -0.05) is 18.2 Å². The molecule has 0 radical (unpaired) electrons. The molecule has 7 heteroatoms. The third-order valence-corrected chi connectivity index (χ3v) is 5.96. The van der Waals surface area contributed by atoms with E-state index in [1.54, 1.807) is 18.1 Å². The lowest BCUT2D eigenvalue weighted by Gasteiger charge is -2.19. The third kappa shape index (κ3) is 4.40. The monoisotopic (exact) mass is 410 g/mol. The molecule has 2 fully saturated rings. The summed E-state index contributed by atoms with van der Waals surface area (Å²) in [6.45, 7) is 0.954. The first-order valence-corrected chi connectivity index (χ1v) is 10.4. The van der Waals surface area contributed by atoms with Crippen LogP contribution in [0, 0.1) is 10.1 Å². The quantitative estimate of drug-likeness (QED) is 0.498. The van der Waals surface area contributed by atoms with Crippen LogP contribution in [0.3, 0.4) is 0 Å². The molecule has 158 valence electrons. The number of nitro groups is 1. The van der Waals surface area contributed by atoms with Gasteiger partial charge < -0.3 is 14.4 Å². The number of hydrogen-bond acceptors (Lipinski definition) is 5. The Morgan fingerprint density at radius 3 is 2.67 bits per heavy atom. The Morgan fingerprint density at radius 2 is 1.93 bits per heavy atom. The molecule has 0 unspecified atom stereocenters. The fourth-order valence-electron chi connectivity index (χ4n) is 4.36. The van der Waals surface area contributed by atoms with Gasteiger partial charge in [0.15, 0.2) is 11.5 Å². The molecule has 1 atom stereocenters. The molecule has 1 saturated carbocycles. The highest BCUT2D eigenvalue weighted by atomic mass is 16.6. The van der Waals surface area contributed by atoms with Crippen molar-refractivity contribution in [1.29, 1.82) is 0 Å². The van der Waals surface area contributed by atoms with Gasteiger partial charge in [-0.3, -0.25) is 14.9 Å². The van der Waals surface area contributed by atoms with Gasteiger partial charge in [-0.05, 0) is 48.9 Å². The van der Waals surface area contributed by atoms with Crippen molar-refractivity contribution in [2.45, 2.75) is 50.7 Å². The van der Waals surface area contributed by atoms with E-state index >= 15 is 0 Å². The third-order valence-electron chi connectivity index (χ3n) is 5.96. The molecule has 0 bridgehead atoms. The number of nitro benzene ring substituents is 1. The summed E-state index contributed by atoms with van der Waals surface area (Å²) < 4.78 is 11.7. The number of likely N-dealkylation sites (tertiary alicyclic amines) is 1. The lowest BCUT2D eigenvalue weighted by atomic mass is 9.98. The first kappa shape index (κ1) is 20.2. The topological polar surface area (TPSA) is 81.9 Å². The van der Waals surface area contributed by atoms with Gasteiger partial charge in [-0.2, -0.15) is 0 Å². The van der Waals surface area contributed by atoms with E-state index in [0.29, 0.717) is 25.3 Å². The van der Waals surface area contributed by atoms with Crippen LogP contribution in [0.25, 0.3) is 0 Å². The summed E-state index contributed by atoms with van der Waals surface area (Å²) in [5.74, 6) is 1.57. The van der Waals surface area contributed by atoms with E-state index in [1.807, 2.05) is 24.3 Å². The van der Waals surface area contributed by atoms with Crippen molar-refractivity contribution >= 4 is 11.6 Å². The molecule has 0 spiro atoms. The van der Waals surface area contributed by atoms with E-state index in [9.17, 15) is 14.9 Å². The van der Waals surface area contributed by atoms with Crippen LogP contribution in [-0.4, -0.2) is 35.5 Å². The second-order valence-electron chi connectivity index (χ2n) is 8.04. The maximum atomic E-state index is 12.6. The van der Waals surface area contributed by atoms with E-state index in [2.05, 4.69) is 0 Å². The summed E-state index contributed by atoms with van der Waals surface area (Å²) in [7, 11) is 1.64. The lowest BCUT2D eigenvalue weighted by molar-refractivity contribution is -0.384. The zero-order valence-corrected chi connectivity index (χ0v) is 17.1. The number of rotatable bonds is 7. The van der Waals surface area contributed by atoms with Crippen LogP contribution >= 0.6 is 0 Å². The predicted molar refractivity (Wildman–Crippen MR) is 112 cm³/mol. The number of non-ortho nitro benzene ring substituents is 1. The number of benzene rings is 2. The highest BCUT2D eigenvalue weighted by Crippen LogP contribution is 2.37. The normalized spacial score (nSPS) is 19.3. The molecular weight excluding hydrogens is 384 g/mol. The molecule has 2 aromatic carbocycles. The molecular formula is C23H26N2O5. The molecule has 0 N–H and O–H groups in total. The summed E-state index contributed by atoms with van der Waals surface area (Å²) in [4.78, 5) is 25.0. The van der Waals surface area contributed by atoms with Gasteiger partial charge in [-0.15, -0.1) is 0 Å². The average Bonchev–Trinajstić information content (AvgIpc) is 3.38. The van der Waals surface area contributed by atoms with E-state index in [-0.39, 0.29) is 23.6 Å². The summed E-state index contributed by atoms with van der Waals surface area (Å²) in [6.07, 6.45) is 5.15. The predicted octanol–water partition coefficient (Wildman–Crippen LogP) is 4.44. The minimum absolute atomic E-state index is 0.0413. The van der Waals surface area contributed by atoms with Crippen molar-refractivity contribution in [3.63, 3.8) is 0 Å². The van der Waals surface area contributed by atoms with Crippen molar-refractivity contribution < 1.29 is 19.2 Å². The Morgan fingerprint density at radius 1 is 1.13 bits per heavy atom. The molecule has 1 heterocycles. The van der Waals surface area contributed by atoms with Gasteiger partial charge in [0.05, 0.1) is 18.1 Å². The molecule has 1 saturated heterocycles. The highest BCUT2D eigenvalue weighted by molar-refractivity contribution is 5.80. The Hall–Kier alpha value is -3.09. The maximum absolute atomic E-state index is 12.6. The molecule has 4 rings (SSSR count). The van der Waals surface area contributed by atoms with E-state index in [4.69, 9.17) is 9.47 Å². The SMILES string of the molecule is COc1ccc([C@H]2CC(=O)N(Cc3cccc([N+](=O)[O-])c3)C2)cc1OC1CCCC1. The standard InChI is InChI=1S/C23H26N2O5/c1-29-21-10-9-17(12-22(21)30-20-7-2-3-8-20)18-13-23(26)24(15-18)14-16-5-4-6-19(11-16)25(27)28/h4-6,9-12,18,20H,2-3,7-8,13-15H2,1H3/t18-/m0/s1. The number of carbonyl (C=O) groups is 1. The van der Waals surface area contributed by atoms with Gasteiger partial charge in [0.1, 0.15) is 0 Å². The number of hydrogen-bond donors (Lipinski definition) is 0. The number of ether oxygens (including phenoxy) is 2. The minimum Gasteiger partial charge on any atom is -0.493 e. The molecule has 1 aliphatic carbocycles. The van der Waals surface area contributed by atoms with Crippen molar-refractivity contribution in [3.05, 3.63) is 63.7 Å². The van der Waals surface area contributed by atoms with Crippen LogP contribution in [0.5, 0.6) is 11.5 Å². The summed E-state index contributed by atoms with van der Waals surface area (Å²) >= 11 is 0. The molecule has 0 aromatic heterocycles. The summed E-state index contributed by atoms with van der Waals surface area (Å²) in [5.41, 5.74) is 1.86. The zero-order chi connectivity index (χ0) is 21.1. The Labute approximate surface area is 175 Å². The van der Waals surface area contributed by atoms with Crippen LogP contribution in [0.4, 0.5) is 5.69 Å². The van der Waals surface area contributed by atoms with Crippen molar-refractivity contribution in [3.8, 4) is 11.5 Å². The van der Waals surface area contributed by atoms with Gasteiger partial charge in [0, 0.05) is 37.6 Å². The molecule has 7 nitrogen and oxygen atoms in total. The van der Waals surface area contributed by atoms with Crippen LogP contribution in [0.1, 0.15) is 49.1 Å². The maximum Gasteiger partial charge on any atom is 0.269 e. The molecule has 1 amide bonds. The fraction of sp³-hybridized carbons (Fsp3) is 0.435. The van der Waals surface area contributed by atoms with Crippen LogP contribution in [0.15, 0.2) is 42.5 Å². The van der Waals surface area contributed by atoms with E-state index in [0.717, 1.165) is 29.7 Å². The van der Waals surface area contributed by atoms with Crippen molar-refractivity contribution in [2.24, 2.45) is 0 Å². The highest BCUT2D eigenvalue weighted by Gasteiger charge is 2.31. The number of amides is 1. The lowest BCUT2D eigenvalue weighted by Crippen LogP contribution is -2.24. The van der Waals surface area contributed by atoms with Gasteiger partial charge >= 0.3 is 0 Å². The smallest absolute Gasteiger partial charge is 0.269 e. The van der Waals surface area contributed by atoms with Crippen molar-refractivity contribution in [2.75, 3.05) is 13.7 Å². The molecule has 2 aromatic rings. The number of nitrogens with zero attached hydrogens (tertiary/aromatic N) is 2. The van der Waals surface area contributed by atoms with Crippen LogP contribution in [0.2, 0.25) is 0 Å².